The molecule has 0 aliphatic carbocycles. The minimum Gasteiger partial charge on any atom is -1.00 e. The van der Waals surface area contributed by atoms with Crippen LogP contribution in [0.1, 0.15) is 5.69 Å². The molecule has 2 rings (SSSR count). The van der Waals surface area contributed by atoms with Crippen LogP contribution in [0, 0.1) is 6.92 Å². The number of benzene rings is 1. The van der Waals surface area contributed by atoms with E-state index in [2.05, 4.69) is 20.3 Å². The SMILES string of the molecule is C[NH+]=C(N)Nc1nc(C)c2ccc(OC)cc2n1.[I-]. The molecule has 0 spiro atoms. The molecule has 1 aromatic carbocycles. The summed E-state index contributed by atoms with van der Waals surface area (Å²) in [6, 6.07) is 5.70. The van der Waals surface area contributed by atoms with Crippen molar-refractivity contribution in [3.05, 3.63) is 23.9 Å². The van der Waals surface area contributed by atoms with E-state index in [0.717, 1.165) is 22.3 Å². The highest BCUT2D eigenvalue weighted by molar-refractivity contribution is 5.88. The largest absolute Gasteiger partial charge is 1.00 e. The van der Waals surface area contributed by atoms with Crippen molar-refractivity contribution in [2.24, 2.45) is 5.73 Å². The number of aryl methyl sites for hydroxylation is 1. The molecule has 1 heterocycles. The average Bonchev–Trinajstić information content (AvgIpc) is 2.37. The summed E-state index contributed by atoms with van der Waals surface area (Å²) in [5.74, 6) is 1.62. The number of ether oxygens (including phenoxy) is 1. The summed E-state index contributed by atoms with van der Waals surface area (Å²) in [4.78, 5) is 11.5. The molecule has 4 N–H and O–H groups in total. The average molecular weight is 373 g/mol. The number of aromatic nitrogens is 2. The highest BCUT2D eigenvalue weighted by atomic mass is 127. The van der Waals surface area contributed by atoms with Crippen LogP contribution >= 0.6 is 0 Å². The zero-order valence-electron chi connectivity index (χ0n) is 11.0. The van der Waals surface area contributed by atoms with E-state index in [1.165, 1.54) is 0 Å². The second-order valence-electron chi connectivity index (χ2n) is 3.80. The maximum Gasteiger partial charge on any atom is 0.348 e. The monoisotopic (exact) mass is 373 g/mol. The van der Waals surface area contributed by atoms with Crippen molar-refractivity contribution in [3.8, 4) is 5.75 Å². The normalized spacial score (nSPS) is 11.0. The minimum absolute atomic E-state index is 0. The van der Waals surface area contributed by atoms with Gasteiger partial charge >= 0.3 is 5.96 Å². The van der Waals surface area contributed by atoms with Crippen molar-refractivity contribution in [3.63, 3.8) is 0 Å². The molecule has 1 aromatic heterocycles. The number of halogens is 1. The van der Waals surface area contributed by atoms with Crippen molar-refractivity contribution in [2.75, 3.05) is 19.5 Å². The summed E-state index contributed by atoms with van der Waals surface area (Å²) >= 11 is 0. The fourth-order valence-electron chi connectivity index (χ4n) is 1.63. The van der Waals surface area contributed by atoms with Crippen LogP contribution in [0.25, 0.3) is 10.9 Å². The topological polar surface area (TPSA) is 87.0 Å². The molecule has 0 aliphatic heterocycles. The molecule has 0 saturated carbocycles. The molecule has 0 unspecified atom stereocenters. The van der Waals surface area contributed by atoms with E-state index in [1.807, 2.05) is 25.1 Å². The van der Waals surface area contributed by atoms with Gasteiger partial charge in [0.15, 0.2) is 0 Å². The summed E-state index contributed by atoms with van der Waals surface area (Å²) < 4.78 is 5.18. The molecule has 7 heteroatoms. The zero-order valence-corrected chi connectivity index (χ0v) is 13.1. The summed E-state index contributed by atoms with van der Waals surface area (Å²) in [6.07, 6.45) is 0. The van der Waals surface area contributed by atoms with Gasteiger partial charge in [-0.15, -0.1) is 0 Å². The van der Waals surface area contributed by atoms with Gasteiger partial charge in [0, 0.05) is 11.5 Å². The van der Waals surface area contributed by atoms with Gasteiger partial charge in [-0.2, -0.15) is 4.98 Å². The molecule has 2 aromatic rings. The summed E-state index contributed by atoms with van der Waals surface area (Å²) in [6.45, 7) is 1.93. The van der Waals surface area contributed by atoms with Crippen LogP contribution in [0.3, 0.4) is 0 Å². The number of hydrogen-bond donors (Lipinski definition) is 3. The minimum atomic E-state index is 0. The van der Waals surface area contributed by atoms with Crippen molar-refractivity contribution >= 4 is 22.8 Å². The highest BCUT2D eigenvalue weighted by Crippen LogP contribution is 2.22. The molecule has 102 valence electrons. The van der Waals surface area contributed by atoms with Gasteiger partial charge in [-0.25, -0.2) is 10.3 Å². The zero-order chi connectivity index (χ0) is 13.1. The van der Waals surface area contributed by atoms with Crippen LogP contribution < -0.4 is 44.8 Å². The standard InChI is InChI=1S/C12H15N5O.HI/c1-7-9-5-4-8(18-3)6-10(9)16-12(15-7)17-11(13)14-2;/h4-6H,1-3H3,(H3,13,14,15,16,17);1H. The predicted molar refractivity (Wildman–Crippen MR) is 70.5 cm³/mol. The second-order valence-corrected chi connectivity index (χ2v) is 3.80. The number of hydrogen-bond acceptors (Lipinski definition) is 3. The lowest BCUT2D eigenvalue weighted by molar-refractivity contribution is -0.420. The van der Waals surface area contributed by atoms with Crippen LogP contribution in [-0.4, -0.2) is 30.1 Å². The fourth-order valence-corrected chi connectivity index (χ4v) is 1.63. The van der Waals surface area contributed by atoms with Crippen LogP contribution in [0.4, 0.5) is 5.95 Å². The Balaban J connectivity index is 0.00000180. The Hall–Kier alpha value is -1.64. The number of anilines is 1. The van der Waals surface area contributed by atoms with Crippen LogP contribution in [0.5, 0.6) is 5.75 Å². The van der Waals surface area contributed by atoms with Crippen molar-refractivity contribution < 1.29 is 33.7 Å². The Morgan fingerprint density at radius 2 is 2.11 bits per heavy atom. The molecular weight excluding hydrogens is 357 g/mol. The number of nitrogens with one attached hydrogen (secondary N) is 2. The van der Waals surface area contributed by atoms with E-state index in [4.69, 9.17) is 10.5 Å². The Labute approximate surface area is 128 Å². The molecule has 0 amide bonds. The Morgan fingerprint density at radius 1 is 1.37 bits per heavy atom. The Morgan fingerprint density at radius 3 is 2.74 bits per heavy atom. The van der Waals surface area contributed by atoms with E-state index < -0.39 is 0 Å². The van der Waals surface area contributed by atoms with Crippen LogP contribution in [0.2, 0.25) is 0 Å². The number of nitrogens with two attached hydrogens (primary N) is 1. The Kier molecular flexibility index (Phi) is 5.28. The smallest absolute Gasteiger partial charge is 0.348 e. The van der Waals surface area contributed by atoms with Gasteiger partial charge in [-0.05, 0) is 19.1 Å². The van der Waals surface area contributed by atoms with E-state index in [1.54, 1.807) is 14.2 Å². The van der Waals surface area contributed by atoms with Gasteiger partial charge in [0.2, 0.25) is 0 Å². The quantitative estimate of drug-likeness (QED) is 0.288. The predicted octanol–water partition coefficient (Wildman–Crippen LogP) is -3.61. The highest BCUT2D eigenvalue weighted by Gasteiger charge is 2.09. The van der Waals surface area contributed by atoms with Gasteiger partial charge in [0.1, 0.15) is 5.75 Å². The van der Waals surface area contributed by atoms with E-state index >= 15 is 0 Å². The lowest BCUT2D eigenvalue weighted by Crippen LogP contribution is -3.00. The molecule has 0 bridgehead atoms. The van der Waals surface area contributed by atoms with E-state index in [0.29, 0.717) is 11.9 Å². The van der Waals surface area contributed by atoms with Crippen LogP contribution in [0.15, 0.2) is 18.2 Å². The number of rotatable bonds is 2. The van der Waals surface area contributed by atoms with Gasteiger partial charge < -0.3 is 28.7 Å². The molecule has 0 atom stereocenters. The van der Waals surface area contributed by atoms with Gasteiger partial charge in [0.25, 0.3) is 5.95 Å². The van der Waals surface area contributed by atoms with Crippen molar-refractivity contribution in [1.29, 1.82) is 0 Å². The van der Waals surface area contributed by atoms with Crippen LogP contribution in [-0.2, 0) is 0 Å². The molecule has 0 radical (unpaired) electrons. The van der Waals surface area contributed by atoms with Gasteiger partial charge in [-0.3, -0.25) is 10.7 Å². The molecule has 6 nitrogen and oxygen atoms in total. The lowest BCUT2D eigenvalue weighted by atomic mass is 10.2. The second kappa shape index (κ2) is 6.50. The molecule has 0 saturated heterocycles. The summed E-state index contributed by atoms with van der Waals surface area (Å²) in [5.41, 5.74) is 7.34. The van der Waals surface area contributed by atoms with Crippen molar-refractivity contribution in [1.82, 2.24) is 9.97 Å². The third-order valence-corrected chi connectivity index (χ3v) is 2.61. The first-order valence-electron chi connectivity index (χ1n) is 5.53. The summed E-state index contributed by atoms with van der Waals surface area (Å²) in [5, 5.41) is 3.87. The fraction of sp³-hybridized carbons (Fsp3) is 0.250. The Bertz CT molecular complexity index is 614. The molecular formula is C12H16IN5O. The lowest BCUT2D eigenvalue weighted by Gasteiger charge is -2.05. The third kappa shape index (κ3) is 3.43. The number of methoxy groups -OCH3 is 1. The maximum absolute atomic E-state index is 5.64. The first kappa shape index (κ1) is 15.4. The summed E-state index contributed by atoms with van der Waals surface area (Å²) in [7, 11) is 3.35. The molecule has 19 heavy (non-hydrogen) atoms. The van der Waals surface area contributed by atoms with E-state index in [9.17, 15) is 0 Å². The third-order valence-electron chi connectivity index (χ3n) is 2.61. The first-order chi connectivity index (χ1) is 8.63. The number of fused-ring (bicyclic) bond motifs is 1. The molecule has 0 fully saturated rings. The molecule has 0 aliphatic rings. The number of guanidine groups is 1. The number of nitrogens with zero attached hydrogens (tertiary/aromatic N) is 2. The van der Waals surface area contributed by atoms with E-state index in [-0.39, 0.29) is 24.0 Å². The van der Waals surface area contributed by atoms with Crippen molar-refractivity contribution in [2.45, 2.75) is 6.92 Å². The van der Waals surface area contributed by atoms with Gasteiger partial charge in [0.05, 0.1) is 25.4 Å². The first-order valence-corrected chi connectivity index (χ1v) is 5.53. The van der Waals surface area contributed by atoms with Gasteiger partial charge in [-0.1, -0.05) is 0 Å². The maximum atomic E-state index is 5.64.